The van der Waals surface area contributed by atoms with Crippen LogP contribution in [0.1, 0.15) is 24.0 Å². The zero-order chi connectivity index (χ0) is 13.8. The quantitative estimate of drug-likeness (QED) is 0.781. The van der Waals surface area contributed by atoms with Gasteiger partial charge in [-0.3, -0.25) is 4.79 Å². The molecule has 98 valence electrons. The van der Waals surface area contributed by atoms with Gasteiger partial charge in [-0.15, -0.1) is 0 Å². The number of carbonyl (C=O) groups excluding carboxylic acids is 1. The average molecular weight is 260 g/mol. The lowest BCUT2D eigenvalue weighted by Gasteiger charge is -2.16. The van der Waals surface area contributed by atoms with Gasteiger partial charge in [0, 0.05) is 6.42 Å². The molecule has 0 amide bonds. The minimum absolute atomic E-state index is 0.217. The Hall–Kier alpha value is -2.41. The summed E-state index contributed by atoms with van der Waals surface area (Å²) < 4.78 is 0. The van der Waals surface area contributed by atoms with Crippen molar-refractivity contribution in [2.24, 2.45) is 0 Å². The maximum absolute atomic E-state index is 11.4. The molecule has 3 rings (SSSR count). The molecule has 0 radical (unpaired) electrons. The molecule has 0 atom stereocenters. The summed E-state index contributed by atoms with van der Waals surface area (Å²) in [6.07, 6.45) is 5.09. The summed E-state index contributed by atoms with van der Waals surface area (Å²) >= 11 is 0. The average Bonchev–Trinajstić information content (AvgIpc) is 2.52. The molecular weight excluding hydrogens is 244 g/mol. The SMILES string of the molecule is O=C1C=CC(=C(c2ccccc2)c2ccccc2)CC1. The van der Waals surface area contributed by atoms with Gasteiger partial charge in [0.25, 0.3) is 0 Å². The number of allylic oxidation sites excluding steroid dienone is 3. The van der Waals surface area contributed by atoms with Crippen LogP contribution >= 0.6 is 0 Å². The second kappa shape index (κ2) is 5.70. The van der Waals surface area contributed by atoms with Gasteiger partial charge in [-0.1, -0.05) is 66.7 Å². The third-order valence-corrected chi connectivity index (χ3v) is 3.56. The first-order valence-electron chi connectivity index (χ1n) is 6.89. The van der Waals surface area contributed by atoms with Gasteiger partial charge in [-0.25, -0.2) is 0 Å². The molecule has 1 aliphatic rings. The highest BCUT2D eigenvalue weighted by Gasteiger charge is 2.14. The zero-order valence-electron chi connectivity index (χ0n) is 11.3. The van der Waals surface area contributed by atoms with Crippen LogP contribution in [0.25, 0.3) is 5.57 Å². The zero-order valence-corrected chi connectivity index (χ0v) is 11.3. The Morgan fingerprint density at radius 2 is 1.25 bits per heavy atom. The van der Waals surface area contributed by atoms with Crippen LogP contribution < -0.4 is 0 Å². The topological polar surface area (TPSA) is 17.1 Å². The molecule has 2 aromatic carbocycles. The third kappa shape index (κ3) is 2.62. The molecule has 0 spiro atoms. The molecule has 0 aliphatic heterocycles. The van der Waals surface area contributed by atoms with E-state index in [9.17, 15) is 4.79 Å². The highest BCUT2D eigenvalue weighted by molar-refractivity contribution is 5.94. The summed E-state index contributed by atoms with van der Waals surface area (Å²) in [5.74, 6) is 0.217. The summed E-state index contributed by atoms with van der Waals surface area (Å²) in [6, 6.07) is 20.8. The van der Waals surface area contributed by atoms with Crippen LogP contribution in [-0.2, 0) is 4.79 Å². The fraction of sp³-hybridized carbons (Fsp3) is 0.105. The minimum atomic E-state index is 0.217. The van der Waals surface area contributed by atoms with E-state index < -0.39 is 0 Å². The van der Waals surface area contributed by atoms with E-state index >= 15 is 0 Å². The highest BCUT2D eigenvalue weighted by atomic mass is 16.1. The maximum Gasteiger partial charge on any atom is 0.156 e. The van der Waals surface area contributed by atoms with Crippen LogP contribution in [0, 0.1) is 0 Å². The number of hydrogen-bond donors (Lipinski definition) is 0. The van der Waals surface area contributed by atoms with Gasteiger partial charge in [0.05, 0.1) is 0 Å². The molecule has 0 heterocycles. The van der Waals surface area contributed by atoms with E-state index in [1.165, 1.54) is 22.3 Å². The van der Waals surface area contributed by atoms with Crippen LogP contribution in [0.3, 0.4) is 0 Å². The first-order valence-corrected chi connectivity index (χ1v) is 6.89. The smallest absolute Gasteiger partial charge is 0.156 e. The second-order valence-corrected chi connectivity index (χ2v) is 4.93. The highest BCUT2D eigenvalue weighted by Crippen LogP contribution is 2.31. The summed E-state index contributed by atoms with van der Waals surface area (Å²) in [5.41, 5.74) is 4.87. The molecule has 0 fully saturated rings. The van der Waals surface area contributed by atoms with Gasteiger partial charge in [0.1, 0.15) is 0 Å². The fourth-order valence-corrected chi connectivity index (χ4v) is 2.57. The van der Waals surface area contributed by atoms with Crippen molar-refractivity contribution < 1.29 is 4.79 Å². The Kier molecular flexibility index (Phi) is 3.60. The van der Waals surface area contributed by atoms with Crippen molar-refractivity contribution >= 4 is 11.4 Å². The molecule has 1 heteroatoms. The van der Waals surface area contributed by atoms with Crippen LogP contribution in [0.4, 0.5) is 0 Å². The van der Waals surface area contributed by atoms with E-state index in [0.29, 0.717) is 6.42 Å². The van der Waals surface area contributed by atoms with Crippen LogP contribution in [-0.4, -0.2) is 5.78 Å². The van der Waals surface area contributed by atoms with E-state index in [4.69, 9.17) is 0 Å². The Morgan fingerprint density at radius 1 is 0.700 bits per heavy atom. The van der Waals surface area contributed by atoms with Crippen LogP contribution in [0.15, 0.2) is 78.4 Å². The van der Waals surface area contributed by atoms with Crippen molar-refractivity contribution in [1.82, 2.24) is 0 Å². The molecule has 0 saturated carbocycles. The second-order valence-electron chi connectivity index (χ2n) is 4.93. The van der Waals surface area contributed by atoms with E-state index in [1.807, 2.05) is 18.2 Å². The van der Waals surface area contributed by atoms with Crippen molar-refractivity contribution in [1.29, 1.82) is 0 Å². The summed E-state index contributed by atoms with van der Waals surface area (Å²) in [7, 11) is 0. The first-order chi connectivity index (χ1) is 9.84. The molecule has 1 nitrogen and oxygen atoms in total. The van der Waals surface area contributed by atoms with Gasteiger partial charge < -0.3 is 0 Å². The van der Waals surface area contributed by atoms with E-state index in [2.05, 4.69) is 48.5 Å². The molecule has 2 aromatic rings. The van der Waals surface area contributed by atoms with E-state index in [0.717, 1.165) is 6.42 Å². The van der Waals surface area contributed by atoms with Crippen molar-refractivity contribution in [3.8, 4) is 0 Å². The summed E-state index contributed by atoms with van der Waals surface area (Å²) in [4.78, 5) is 11.4. The lowest BCUT2D eigenvalue weighted by atomic mass is 9.88. The Bertz CT molecular complexity index is 622. The Labute approximate surface area is 119 Å². The first kappa shape index (κ1) is 12.6. The fourth-order valence-electron chi connectivity index (χ4n) is 2.57. The lowest BCUT2D eigenvalue weighted by Crippen LogP contribution is -2.02. The predicted octanol–water partition coefficient (Wildman–Crippen LogP) is 4.41. The van der Waals surface area contributed by atoms with Gasteiger partial charge >= 0.3 is 0 Å². The number of rotatable bonds is 2. The van der Waals surface area contributed by atoms with Gasteiger partial charge in [0.15, 0.2) is 5.78 Å². The van der Waals surface area contributed by atoms with Crippen LogP contribution in [0.2, 0.25) is 0 Å². The molecule has 0 bridgehead atoms. The number of hydrogen-bond acceptors (Lipinski definition) is 1. The molecule has 0 aromatic heterocycles. The number of ketones is 1. The molecule has 0 unspecified atom stereocenters. The van der Waals surface area contributed by atoms with Crippen LogP contribution in [0.5, 0.6) is 0 Å². The molecule has 20 heavy (non-hydrogen) atoms. The molecular formula is C19H16O. The van der Waals surface area contributed by atoms with Gasteiger partial charge in [-0.2, -0.15) is 0 Å². The normalized spacial score (nSPS) is 14.4. The third-order valence-electron chi connectivity index (χ3n) is 3.56. The monoisotopic (exact) mass is 260 g/mol. The summed E-state index contributed by atoms with van der Waals surface area (Å²) in [5, 5.41) is 0. The van der Waals surface area contributed by atoms with E-state index in [-0.39, 0.29) is 5.78 Å². The molecule has 0 saturated heterocycles. The Balaban J connectivity index is 2.17. The minimum Gasteiger partial charge on any atom is -0.295 e. The van der Waals surface area contributed by atoms with Gasteiger partial charge in [-0.05, 0) is 34.8 Å². The maximum atomic E-state index is 11.4. The number of carbonyl (C=O) groups is 1. The van der Waals surface area contributed by atoms with Crippen molar-refractivity contribution in [2.45, 2.75) is 12.8 Å². The van der Waals surface area contributed by atoms with E-state index in [1.54, 1.807) is 6.08 Å². The van der Waals surface area contributed by atoms with Crippen molar-refractivity contribution in [2.75, 3.05) is 0 Å². The Morgan fingerprint density at radius 3 is 1.70 bits per heavy atom. The molecule has 1 aliphatic carbocycles. The number of benzene rings is 2. The van der Waals surface area contributed by atoms with Gasteiger partial charge in [0.2, 0.25) is 0 Å². The van der Waals surface area contributed by atoms with Crippen molar-refractivity contribution in [3.63, 3.8) is 0 Å². The largest absolute Gasteiger partial charge is 0.295 e. The standard InChI is InChI=1S/C19H16O/c20-18-13-11-17(12-14-18)19(15-7-3-1-4-8-15)16-9-5-2-6-10-16/h1-11,13H,12,14H2. The van der Waals surface area contributed by atoms with Crippen molar-refractivity contribution in [3.05, 3.63) is 89.5 Å². The summed E-state index contributed by atoms with van der Waals surface area (Å²) in [6.45, 7) is 0. The predicted molar refractivity (Wildman–Crippen MR) is 82.3 cm³/mol. The lowest BCUT2D eigenvalue weighted by molar-refractivity contribution is -0.114. The molecule has 0 N–H and O–H groups in total.